The standard InChI is InChI=1S/C13H24N4O/c1-5-10(18)7-8-15-13-9(3)12(14-4)16-11(6-2)17-13/h10,18H,5-8H2,1-4H3,(H2,14,15,16,17). The van der Waals surface area contributed by atoms with E-state index < -0.39 is 0 Å². The van der Waals surface area contributed by atoms with Crippen LogP contribution < -0.4 is 10.6 Å². The molecule has 0 saturated carbocycles. The van der Waals surface area contributed by atoms with Gasteiger partial charge in [-0.25, -0.2) is 9.97 Å². The minimum atomic E-state index is -0.242. The maximum absolute atomic E-state index is 9.52. The van der Waals surface area contributed by atoms with Crippen molar-refractivity contribution < 1.29 is 5.11 Å². The maximum atomic E-state index is 9.52. The first-order valence-corrected chi connectivity index (χ1v) is 6.59. The van der Waals surface area contributed by atoms with Gasteiger partial charge in [-0.2, -0.15) is 0 Å². The molecule has 1 aromatic heterocycles. The smallest absolute Gasteiger partial charge is 0.134 e. The number of anilines is 2. The largest absolute Gasteiger partial charge is 0.393 e. The second-order valence-corrected chi connectivity index (χ2v) is 4.34. The molecule has 0 aromatic carbocycles. The lowest BCUT2D eigenvalue weighted by atomic mass is 10.2. The molecule has 1 unspecified atom stereocenters. The first kappa shape index (κ1) is 14.7. The summed E-state index contributed by atoms with van der Waals surface area (Å²) < 4.78 is 0. The molecule has 0 aliphatic carbocycles. The van der Waals surface area contributed by atoms with E-state index >= 15 is 0 Å². The summed E-state index contributed by atoms with van der Waals surface area (Å²) in [4.78, 5) is 8.90. The summed E-state index contributed by atoms with van der Waals surface area (Å²) in [6.45, 7) is 6.73. The molecule has 1 atom stereocenters. The van der Waals surface area contributed by atoms with Crippen molar-refractivity contribution in [3.63, 3.8) is 0 Å². The molecule has 0 radical (unpaired) electrons. The Bertz CT molecular complexity index is 381. The van der Waals surface area contributed by atoms with Gasteiger partial charge in [-0.3, -0.25) is 0 Å². The molecule has 0 aliphatic rings. The lowest BCUT2D eigenvalue weighted by Crippen LogP contribution is -2.15. The maximum Gasteiger partial charge on any atom is 0.134 e. The molecular weight excluding hydrogens is 228 g/mol. The zero-order chi connectivity index (χ0) is 13.5. The van der Waals surface area contributed by atoms with Crippen molar-refractivity contribution in [3.05, 3.63) is 11.4 Å². The van der Waals surface area contributed by atoms with E-state index in [9.17, 15) is 5.11 Å². The van der Waals surface area contributed by atoms with Gasteiger partial charge in [0, 0.05) is 25.6 Å². The quantitative estimate of drug-likeness (QED) is 0.692. The van der Waals surface area contributed by atoms with Crippen LogP contribution in [0.5, 0.6) is 0 Å². The Kier molecular flexibility index (Phi) is 5.85. The van der Waals surface area contributed by atoms with Crippen LogP contribution in [0.3, 0.4) is 0 Å². The van der Waals surface area contributed by atoms with E-state index in [1.165, 1.54) is 0 Å². The molecule has 0 amide bonds. The summed E-state index contributed by atoms with van der Waals surface area (Å²) in [5.41, 5.74) is 1.01. The second-order valence-electron chi connectivity index (χ2n) is 4.34. The van der Waals surface area contributed by atoms with E-state index in [1.54, 1.807) is 0 Å². The van der Waals surface area contributed by atoms with Crippen molar-refractivity contribution in [1.29, 1.82) is 0 Å². The predicted molar refractivity (Wildman–Crippen MR) is 75.1 cm³/mol. The SMILES string of the molecule is CCc1nc(NC)c(C)c(NCCC(O)CC)n1. The number of aromatic nitrogens is 2. The fraction of sp³-hybridized carbons (Fsp3) is 0.692. The highest BCUT2D eigenvalue weighted by Crippen LogP contribution is 2.19. The molecule has 1 rings (SSSR count). The number of rotatable bonds is 7. The highest BCUT2D eigenvalue weighted by molar-refractivity contribution is 5.56. The first-order valence-electron chi connectivity index (χ1n) is 6.59. The monoisotopic (exact) mass is 252 g/mol. The molecule has 18 heavy (non-hydrogen) atoms. The topological polar surface area (TPSA) is 70.1 Å². The molecule has 0 saturated heterocycles. The molecule has 5 heteroatoms. The number of hydrogen-bond acceptors (Lipinski definition) is 5. The van der Waals surface area contributed by atoms with Crippen molar-refractivity contribution in [1.82, 2.24) is 9.97 Å². The molecule has 3 N–H and O–H groups in total. The molecule has 1 aromatic rings. The number of aliphatic hydroxyl groups is 1. The average molecular weight is 252 g/mol. The fourth-order valence-electron chi connectivity index (χ4n) is 1.70. The summed E-state index contributed by atoms with van der Waals surface area (Å²) in [5, 5.41) is 15.9. The van der Waals surface area contributed by atoms with Crippen LogP contribution >= 0.6 is 0 Å². The van der Waals surface area contributed by atoms with Crippen molar-refractivity contribution in [2.75, 3.05) is 24.2 Å². The summed E-state index contributed by atoms with van der Waals surface area (Å²) in [5.74, 6) is 2.54. The van der Waals surface area contributed by atoms with Gasteiger partial charge in [-0.05, 0) is 19.8 Å². The Morgan fingerprint density at radius 3 is 2.44 bits per heavy atom. The minimum absolute atomic E-state index is 0.242. The van der Waals surface area contributed by atoms with Crippen LogP contribution in [0.4, 0.5) is 11.6 Å². The van der Waals surface area contributed by atoms with Gasteiger partial charge in [-0.15, -0.1) is 0 Å². The van der Waals surface area contributed by atoms with Crippen LogP contribution in [-0.4, -0.2) is 34.8 Å². The minimum Gasteiger partial charge on any atom is -0.393 e. The molecule has 0 spiro atoms. The lowest BCUT2D eigenvalue weighted by molar-refractivity contribution is 0.164. The van der Waals surface area contributed by atoms with Crippen LogP contribution in [0.25, 0.3) is 0 Å². The Morgan fingerprint density at radius 1 is 1.22 bits per heavy atom. The van der Waals surface area contributed by atoms with E-state index in [4.69, 9.17) is 0 Å². The van der Waals surface area contributed by atoms with Crippen LogP contribution in [0.15, 0.2) is 0 Å². The zero-order valence-corrected chi connectivity index (χ0v) is 11.7. The molecule has 5 nitrogen and oxygen atoms in total. The van der Waals surface area contributed by atoms with Crippen LogP contribution in [-0.2, 0) is 6.42 Å². The third-order valence-corrected chi connectivity index (χ3v) is 2.99. The van der Waals surface area contributed by atoms with Crippen LogP contribution in [0.1, 0.15) is 38.1 Å². The van der Waals surface area contributed by atoms with Gasteiger partial charge in [0.25, 0.3) is 0 Å². The summed E-state index contributed by atoms with van der Waals surface area (Å²) in [7, 11) is 1.86. The van der Waals surface area contributed by atoms with E-state index in [0.29, 0.717) is 0 Å². The normalized spacial score (nSPS) is 12.3. The fourth-order valence-corrected chi connectivity index (χ4v) is 1.70. The van der Waals surface area contributed by atoms with Gasteiger partial charge < -0.3 is 15.7 Å². The van der Waals surface area contributed by atoms with Gasteiger partial charge in [0.2, 0.25) is 0 Å². The van der Waals surface area contributed by atoms with Crippen molar-refractivity contribution in [3.8, 4) is 0 Å². The van der Waals surface area contributed by atoms with Crippen molar-refractivity contribution in [2.45, 2.75) is 46.1 Å². The van der Waals surface area contributed by atoms with E-state index in [-0.39, 0.29) is 6.10 Å². The Labute approximate surface area is 109 Å². The van der Waals surface area contributed by atoms with E-state index in [2.05, 4.69) is 20.6 Å². The lowest BCUT2D eigenvalue weighted by Gasteiger charge is -2.14. The third kappa shape index (κ3) is 3.84. The number of nitrogens with zero attached hydrogens (tertiary/aromatic N) is 2. The molecule has 0 bridgehead atoms. The van der Waals surface area contributed by atoms with Gasteiger partial charge in [0.15, 0.2) is 0 Å². The highest BCUT2D eigenvalue weighted by atomic mass is 16.3. The van der Waals surface area contributed by atoms with Gasteiger partial charge >= 0.3 is 0 Å². The van der Waals surface area contributed by atoms with Gasteiger partial charge in [0.1, 0.15) is 17.5 Å². The molecule has 0 aliphatic heterocycles. The van der Waals surface area contributed by atoms with E-state index in [0.717, 1.165) is 48.8 Å². The van der Waals surface area contributed by atoms with Crippen molar-refractivity contribution in [2.24, 2.45) is 0 Å². The Balaban J connectivity index is 2.74. The molecule has 0 fully saturated rings. The van der Waals surface area contributed by atoms with Crippen molar-refractivity contribution >= 4 is 11.6 Å². The molecule has 1 heterocycles. The average Bonchev–Trinajstić information content (AvgIpc) is 2.40. The number of aliphatic hydroxyl groups excluding tert-OH is 1. The predicted octanol–water partition coefficient (Wildman–Crippen LogP) is 1.96. The summed E-state index contributed by atoms with van der Waals surface area (Å²) in [6.07, 6.45) is 2.08. The van der Waals surface area contributed by atoms with Crippen LogP contribution in [0.2, 0.25) is 0 Å². The summed E-state index contributed by atoms with van der Waals surface area (Å²) >= 11 is 0. The number of aryl methyl sites for hydroxylation is 1. The van der Waals surface area contributed by atoms with Gasteiger partial charge in [-0.1, -0.05) is 13.8 Å². The highest BCUT2D eigenvalue weighted by Gasteiger charge is 2.09. The second kappa shape index (κ2) is 7.16. The van der Waals surface area contributed by atoms with Gasteiger partial charge in [0.05, 0.1) is 6.10 Å². The first-order chi connectivity index (χ1) is 8.62. The van der Waals surface area contributed by atoms with Crippen LogP contribution in [0, 0.1) is 6.92 Å². The zero-order valence-electron chi connectivity index (χ0n) is 11.7. The Hall–Kier alpha value is -1.36. The third-order valence-electron chi connectivity index (χ3n) is 2.99. The molecular formula is C13H24N4O. The van der Waals surface area contributed by atoms with E-state index in [1.807, 2.05) is 27.8 Å². The number of hydrogen-bond donors (Lipinski definition) is 3. The molecule has 102 valence electrons. The summed E-state index contributed by atoms with van der Waals surface area (Å²) in [6, 6.07) is 0. The number of nitrogens with one attached hydrogen (secondary N) is 2. The Morgan fingerprint density at radius 2 is 1.89 bits per heavy atom.